The Hall–Kier alpha value is -2.90. The SMILES string of the molecule is C#CCNC(=O)CNC(=O)c1ccc(S(=O)(=O)N2CCNC(=O)C2)cc1. The average molecular weight is 378 g/mol. The molecular formula is C16H18N4O5S. The van der Waals surface area contributed by atoms with Gasteiger partial charge in [-0.3, -0.25) is 14.4 Å². The molecule has 0 unspecified atom stereocenters. The summed E-state index contributed by atoms with van der Waals surface area (Å²) in [5.41, 5.74) is 0.199. The van der Waals surface area contributed by atoms with E-state index < -0.39 is 21.8 Å². The van der Waals surface area contributed by atoms with E-state index in [9.17, 15) is 22.8 Å². The van der Waals surface area contributed by atoms with Crippen molar-refractivity contribution in [1.82, 2.24) is 20.3 Å². The molecule has 9 nitrogen and oxygen atoms in total. The second-order valence-electron chi connectivity index (χ2n) is 5.38. The fourth-order valence-corrected chi connectivity index (χ4v) is 3.62. The lowest BCUT2D eigenvalue weighted by Gasteiger charge is -2.25. The fraction of sp³-hybridized carbons (Fsp3) is 0.312. The Kier molecular flexibility index (Phi) is 6.32. The van der Waals surface area contributed by atoms with E-state index in [4.69, 9.17) is 6.42 Å². The maximum atomic E-state index is 12.5. The highest BCUT2D eigenvalue weighted by Crippen LogP contribution is 2.17. The number of amides is 3. The number of piperazine rings is 1. The molecular weight excluding hydrogens is 360 g/mol. The number of nitrogens with one attached hydrogen (secondary N) is 3. The molecule has 1 heterocycles. The van der Waals surface area contributed by atoms with Crippen molar-refractivity contribution in [3.8, 4) is 12.3 Å². The summed E-state index contributed by atoms with van der Waals surface area (Å²) in [4.78, 5) is 34.7. The number of carbonyl (C=O) groups excluding carboxylic acids is 3. The molecule has 0 bridgehead atoms. The number of terminal acetylenes is 1. The smallest absolute Gasteiger partial charge is 0.251 e. The fourth-order valence-electron chi connectivity index (χ4n) is 2.22. The maximum Gasteiger partial charge on any atom is 0.251 e. The van der Waals surface area contributed by atoms with Gasteiger partial charge in [-0.05, 0) is 24.3 Å². The number of benzene rings is 1. The third-order valence-electron chi connectivity index (χ3n) is 3.55. The van der Waals surface area contributed by atoms with Gasteiger partial charge in [0.15, 0.2) is 0 Å². The number of rotatable bonds is 6. The van der Waals surface area contributed by atoms with Gasteiger partial charge in [0, 0.05) is 18.7 Å². The summed E-state index contributed by atoms with van der Waals surface area (Å²) in [6.45, 7) is 0.0138. The van der Waals surface area contributed by atoms with Crippen LogP contribution in [0.25, 0.3) is 0 Å². The van der Waals surface area contributed by atoms with Crippen molar-refractivity contribution in [3.05, 3.63) is 29.8 Å². The summed E-state index contributed by atoms with van der Waals surface area (Å²) in [7, 11) is -3.82. The first-order valence-corrected chi connectivity index (χ1v) is 9.14. The normalized spacial score (nSPS) is 14.8. The van der Waals surface area contributed by atoms with E-state index in [0.29, 0.717) is 0 Å². The highest BCUT2D eigenvalue weighted by molar-refractivity contribution is 7.89. The predicted molar refractivity (Wildman–Crippen MR) is 92.4 cm³/mol. The Morgan fingerprint density at radius 2 is 1.92 bits per heavy atom. The zero-order chi connectivity index (χ0) is 19.2. The highest BCUT2D eigenvalue weighted by atomic mass is 32.2. The average Bonchev–Trinajstić information content (AvgIpc) is 2.64. The first-order valence-electron chi connectivity index (χ1n) is 7.70. The van der Waals surface area contributed by atoms with E-state index in [2.05, 4.69) is 21.9 Å². The zero-order valence-corrected chi connectivity index (χ0v) is 14.6. The molecule has 1 aliphatic heterocycles. The van der Waals surface area contributed by atoms with Gasteiger partial charge in [-0.25, -0.2) is 8.42 Å². The molecule has 26 heavy (non-hydrogen) atoms. The van der Waals surface area contributed by atoms with Crippen LogP contribution in [-0.4, -0.2) is 63.2 Å². The Morgan fingerprint density at radius 3 is 2.54 bits per heavy atom. The van der Waals surface area contributed by atoms with E-state index in [1.807, 2.05) is 0 Å². The van der Waals surface area contributed by atoms with Crippen LogP contribution in [0.4, 0.5) is 0 Å². The summed E-state index contributed by atoms with van der Waals surface area (Å²) in [6.07, 6.45) is 5.01. The summed E-state index contributed by atoms with van der Waals surface area (Å²) in [5, 5.41) is 7.36. The monoisotopic (exact) mass is 378 g/mol. The molecule has 1 fully saturated rings. The van der Waals surface area contributed by atoms with Crippen molar-refractivity contribution in [2.75, 3.05) is 32.7 Å². The van der Waals surface area contributed by atoms with Crippen molar-refractivity contribution >= 4 is 27.7 Å². The topological polar surface area (TPSA) is 125 Å². The second-order valence-corrected chi connectivity index (χ2v) is 7.31. The molecule has 3 amide bonds. The van der Waals surface area contributed by atoms with Crippen molar-refractivity contribution < 1.29 is 22.8 Å². The van der Waals surface area contributed by atoms with Gasteiger partial charge in [-0.2, -0.15) is 4.31 Å². The third-order valence-corrected chi connectivity index (χ3v) is 5.41. The quantitative estimate of drug-likeness (QED) is 0.508. The lowest BCUT2D eigenvalue weighted by Crippen LogP contribution is -2.49. The minimum atomic E-state index is -3.82. The molecule has 0 spiro atoms. The first kappa shape index (κ1) is 19.4. The van der Waals surface area contributed by atoms with Gasteiger partial charge < -0.3 is 16.0 Å². The summed E-state index contributed by atoms with van der Waals surface area (Å²) in [6, 6.07) is 5.25. The molecule has 0 aromatic heterocycles. The van der Waals surface area contributed by atoms with Crippen LogP contribution >= 0.6 is 0 Å². The Balaban J connectivity index is 2.01. The van der Waals surface area contributed by atoms with Crippen LogP contribution in [0.1, 0.15) is 10.4 Å². The first-order chi connectivity index (χ1) is 12.3. The molecule has 2 rings (SSSR count). The van der Waals surface area contributed by atoms with Gasteiger partial charge in [-0.1, -0.05) is 5.92 Å². The number of carbonyl (C=O) groups is 3. The molecule has 1 aromatic rings. The minimum absolute atomic E-state index is 0.0180. The van der Waals surface area contributed by atoms with Crippen molar-refractivity contribution in [1.29, 1.82) is 0 Å². The maximum absolute atomic E-state index is 12.5. The molecule has 1 saturated heterocycles. The van der Waals surface area contributed by atoms with Gasteiger partial charge in [0.05, 0.1) is 24.5 Å². The molecule has 138 valence electrons. The number of sulfonamides is 1. The standard InChI is InChI=1S/C16H18N4O5S/c1-2-7-17-14(21)10-19-16(23)12-3-5-13(6-4-12)26(24,25)20-9-8-18-15(22)11-20/h1,3-6H,7-11H2,(H,17,21)(H,18,22)(H,19,23). The van der Waals surface area contributed by atoms with Gasteiger partial charge in [-0.15, -0.1) is 6.42 Å². The number of hydrogen-bond acceptors (Lipinski definition) is 5. The van der Waals surface area contributed by atoms with Gasteiger partial charge in [0.25, 0.3) is 5.91 Å². The van der Waals surface area contributed by atoms with Crippen LogP contribution in [0.2, 0.25) is 0 Å². The summed E-state index contributed by atoms with van der Waals surface area (Å²) >= 11 is 0. The molecule has 10 heteroatoms. The minimum Gasteiger partial charge on any atom is -0.354 e. The molecule has 0 saturated carbocycles. The van der Waals surface area contributed by atoms with E-state index in [1.54, 1.807) is 0 Å². The Morgan fingerprint density at radius 1 is 1.23 bits per heavy atom. The Labute approximate surface area is 151 Å². The lowest BCUT2D eigenvalue weighted by atomic mass is 10.2. The van der Waals surface area contributed by atoms with E-state index in [-0.39, 0.29) is 49.1 Å². The van der Waals surface area contributed by atoms with Gasteiger partial charge in [0.1, 0.15) is 0 Å². The largest absolute Gasteiger partial charge is 0.354 e. The van der Waals surface area contributed by atoms with Crippen LogP contribution < -0.4 is 16.0 Å². The van der Waals surface area contributed by atoms with Crippen molar-refractivity contribution in [2.45, 2.75) is 4.90 Å². The summed E-state index contributed by atoms with van der Waals surface area (Å²) in [5.74, 6) is 0.918. The molecule has 3 N–H and O–H groups in total. The molecule has 0 radical (unpaired) electrons. The van der Waals surface area contributed by atoms with Crippen LogP contribution in [0.5, 0.6) is 0 Å². The van der Waals surface area contributed by atoms with E-state index in [1.165, 1.54) is 24.3 Å². The van der Waals surface area contributed by atoms with E-state index in [0.717, 1.165) is 4.31 Å². The van der Waals surface area contributed by atoms with Gasteiger partial charge >= 0.3 is 0 Å². The van der Waals surface area contributed by atoms with Crippen molar-refractivity contribution in [3.63, 3.8) is 0 Å². The molecule has 0 atom stereocenters. The van der Waals surface area contributed by atoms with Crippen molar-refractivity contribution in [2.24, 2.45) is 0 Å². The lowest BCUT2D eigenvalue weighted by molar-refractivity contribution is -0.122. The second kappa shape index (κ2) is 8.46. The molecule has 1 aliphatic rings. The summed E-state index contributed by atoms with van der Waals surface area (Å²) < 4.78 is 26.1. The Bertz CT molecular complexity index is 842. The number of hydrogen-bond donors (Lipinski definition) is 3. The van der Waals surface area contributed by atoms with Gasteiger partial charge in [0.2, 0.25) is 21.8 Å². The third kappa shape index (κ3) is 4.81. The van der Waals surface area contributed by atoms with Crippen LogP contribution in [-0.2, 0) is 19.6 Å². The number of nitrogens with zero attached hydrogens (tertiary/aromatic N) is 1. The predicted octanol–water partition coefficient (Wildman–Crippen LogP) is -1.71. The van der Waals surface area contributed by atoms with Crippen LogP contribution in [0.3, 0.4) is 0 Å². The van der Waals surface area contributed by atoms with Crippen LogP contribution in [0, 0.1) is 12.3 Å². The molecule has 0 aliphatic carbocycles. The molecule has 1 aromatic carbocycles. The zero-order valence-electron chi connectivity index (χ0n) is 13.8. The van der Waals surface area contributed by atoms with Crippen LogP contribution in [0.15, 0.2) is 29.2 Å². The highest BCUT2D eigenvalue weighted by Gasteiger charge is 2.29. The van der Waals surface area contributed by atoms with E-state index >= 15 is 0 Å².